The number of benzene rings is 2. The number of likely N-dealkylation sites (tertiary alicyclic amines) is 2. The zero-order chi connectivity index (χ0) is 27.3. The molecule has 0 N–H and O–H groups in total. The van der Waals surface area contributed by atoms with Crippen molar-refractivity contribution in [3.63, 3.8) is 0 Å². The molecule has 2 aromatic rings. The molecule has 2 saturated heterocycles. The molecule has 2 aromatic carbocycles. The second-order valence-electron chi connectivity index (χ2n) is 9.80. The van der Waals surface area contributed by atoms with Gasteiger partial charge in [-0.25, -0.2) is 4.79 Å². The van der Waals surface area contributed by atoms with E-state index in [1.54, 1.807) is 29.2 Å². The third-order valence-corrected chi connectivity index (χ3v) is 7.54. The molecule has 0 saturated carbocycles. The number of nitrogens with zero attached hydrogens (tertiary/aromatic N) is 2. The quantitative estimate of drug-likeness (QED) is 0.480. The van der Waals surface area contributed by atoms with Crippen LogP contribution in [-0.2, 0) is 16.1 Å². The Balaban J connectivity index is 1.49. The van der Waals surface area contributed by atoms with E-state index in [1.807, 2.05) is 36.1 Å². The van der Waals surface area contributed by atoms with E-state index >= 15 is 0 Å². The summed E-state index contributed by atoms with van der Waals surface area (Å²) >= 11 is 0. The molecule has 1 spiro atoms. The van der Waals surface area contributed by atoms with Gasteiger partial charge in [-0.3, -0.25) is 9.69 Å². The first kappa shape index (κ1) is 27.8. The van der Waals surface area contributed by atoms with Crippen molar-refractivity contribution in [2.24, 2.45) is 5.41 Å². The molecule has 0 bridgehead atoms. The van der Waals surface area contributed by atoms with Crippen LogP contribution in [0, 0.1) is 5.41 Å². The normalized spacial score (nSPS) is 19.7. The Morgan fingerprint density at radius 2 is 1.74 bits per heavy atom. The Labute approximate surface area is 220 Å². The lowest BCUT2D eigenvalue weighted by Gasteiger charge is -2.51. The third-order valence-electron chi connectivity index (χ3n) is 7.54. The minimum atomic E-state index is -5.08. The van der Waals surface area contributed by atoms with Gasteiger partial charge >= 0.3 is 12.1 Å². The van der Waals surface area contributed by atoms with Crippen molar-refractivity contribution in [3.05, 3.63) is 59.7 Å². The standard InChI is InChI=1S/C28H33F3N2O5/c1-3-37-23-10-5-4-7-21(23)18-32-14-11-27(24(19-32)38-26(35)28(29,30)31)12-15-33(16-13-27)25(34)20-8-6-9-22(17-20)36-2/h4-10,17,24H,3,11-16,18-19H2,1-2H3. The smallest absolute Gasteiger partial charge is 0.490 e. The number of rotatable bonds is 7. The SMILES string of the molecule is CCOc1ccccc1CN1CCC2(CCN(C(=O)c3cccc(OC)c3)CC2)C(OC(=O)C(F)(F)F)C1. The summed E-state index contributed by atoms with van der Waals surface area (Å²) in [5, 5.41) is 0. The molecule has 2 heterocycles. The van der Waals surface area contributed by atoms with Gasteiger partial charge in [0.15, 0.2) is 0 Å². The largest absolute Gasteiger partial charge is 0.497 e. The molecule has 0 aliphatic carbocycles. The minimum Gasteiger partial charge on any atom is -0.497 e. The third kappa shape index (κ3) is 6.23. The molecule has 7 nitrogen and oxygen atoms in total. The van der Waals surface area contributed by atoms with E-state index in [2.05, 4.69) is 0 Å². The molecule has 206 valence electrons. The lowest BCUT2D eigenvalue weighted by molar-refractivity contribution is -0.216. The first-order chi connectivity index (χ1) is 18.1. The van der Waals surface area contributed by atoms with Crippen molar-refractivity contribution in [1.82, 2.24) is 9.80 Å². The molecule has 2 aliphatic rings. The average Bonchev–Trinajstić information content (AvgIpc) is 2.91. The summed E-state index contributed by atoms with van der Waals surface area (Å²) in [7, 11) is 1.53. The molecule has 4 rings (SSSR count). The lowest BCUT2D eigenvalue weighted by atomic mass is 9.69. The Hall–Kier alpha value is -3.27. The predicted molar refractivity (Wildman–Crippen MR) is 134 cm³/mol. The number of alkyl halides is 3. The van der Waals surface area contributed by atoms with Crippen LogP contribution in [0.15, 0.2) is 48.5 Å². The highest BCUT2D eigenvalue weighted by atomic mass is 19.4. The van der Waals surface area contributed by atoms with Gasteiger partial charge in [-0.15, -0.1) is 0 Å². The number of piperidine rings is 2. The van der Waals surface area contributed by atoms with E-state index in [9.17, 15) is 22.8 Å². The molecule has 2 aliphatic heterocycles. The summed E-state index contributed by atoms with van der Waals surface area (Å²) in [6.07, 6.45) is -4.57. The Kier molecular flexibility index (Phi) is 8.50. The van der Waals surface area contributed by atoms with Gasteiger partial charge in [0.2, 0.25) is 0 Å². The van der Waals surface area contributed by atoms with Gasteiger partial charge < -0.3 is 19.1 Å². The van der Waals surface area contributed by atoms with Crippen LogP contribution >= 0.6 is 0 Å². The molecule has 0 radical (unpaired) electrons. The maximum absolute atomic E-state index is 13.2. The maximum Gasteiger partial charge on any atom is 0.490 e. The maximum atomic E-state index is 13.2. The predicted octanol–water partition coefficient (Wildman–Crippen LogP) is 4.70. The van der Waals surface area contributed by atoms with Crippen LogP contribution in [-0.4, -0.2) is 73.9 Å². The van der Waals surface area contributed by atoms with Crippen molar-refractivity contribution in [2.45, 2.75) is 45.0 Å². The fourth-order valence-electron chi connectivity index (χ4n) is 5.40. The van der Waals surface area contributed by atoms with E-state index in [-0.39, 0.29) is 12.5 Å². The molecule has 1 atom stereocenters. The Morgan fingerprint density at radius 3 is 2.42 bits per heavy atom. The summed E-state index contributed by atoms with van der Waals surface area (Å²) < 4.78 is 55.6. The van der Waals surface area contributed by atoms with Crippen molar-refractivity contribution < 1.29 is 37.0 Å². The van der Waals surface area contributed by atoms with Gasteiger partial charge in [-0.1, -0.05) is 24.3 Å². The first-order valence-corrected chi connectivity index (χ1v) is 12.8. The lowest BCUT2D eigenvalue weighted by Crippen LogP contribution is -2.57. The summed E-state index contributed by atoms with van der Waals surface area (Å²) in [4.78, 5) is 28.7. The van der Waals surface area contributed by atoms with Crippen molar-refractivity contribution >= 4 is 11.9 Å². The second-order valence-corrected chi connectivity index (χ2v) is 9.80. The van der Waals surface area contributed by atoms with Crippen LogP contribution in [0.2, 0.25) is 0 Å². The number of hydrogen-bond acceptors (Lipinski definition) is 6. The molecule has 2 fully saturated rings. The molecule has 10 heteroatoms. The fourth-order valence-corrected chi connectivity index (χ4v) is 5.40. The number of carbonyl (C=O) groups excluding carboxylic acids is 2. The highest BCUT2D eigenvalue weighted by Gasteiger charge is 2.51. The van der Waals surface area contributed by atoms with E-state index < -0.39 is 23.7 Å². The van der Waals surface area contributed by atoms with Gasteiger partial charge in [0.1, 0.15) is 17.6 Å². The van der Waals surface area contributed by atoms with Crippen LogP contribution in [0.3, 0.4) is 0 Å². The van der Waals surface area contributed by atoms with Gasteiger partial charge in [0.25, 0.3) is 5.91 Å². The number of ether oxygens (including phenoxy) is 3. The molecular formula is C28H33F3N2O5. The first-order valence-electron chi connectivity index (χ1n) is 12.8. The van der Waals surface area contributed by atoms with Crippen molar-refractivity contribution in [2.75, 3.05) is 39.9 Å². The highest BCUT2D eigenvalue weighted by Crippen LogP contribution is 2.44. The second kappa shape index (κ2) is 11.6. The van der Waals surface area contributed by atoms with Crippen molar-refractivity contribution in [3.8, 4) is 11.5 Å². The summed E-state index contributed by atoms with van der Waals surface area (Å²) in [5.74, 6) is -1.04. The number of carbonyl (C=O) groups is 2. The number of methoxy groups -OCH3 is 1. The van der Waals surface area contributed by atoms with Crippen LogP contribution in [0.1, 0.15) is 42.1 Å². The van der Waals surface area contributed by atoms with Gasteiger partial charge in [-0.05, 0) is 57.0 Å². The topological polar surface area (TPSA) is 68.3 Å². The summed E-state index contributed by atoms with van der Waals surface area (Å²) in [5.41, 5.74) is 0.773. The van der Waals surface area contributed by atoms with E-state index in [0.717, 1.165) is 11.3 Å². The van der Waals surface area contributed by atoms with Gasteiger partial charge in [0.05, 0.1) is 13.7 Å². The molecule has 38 heavy (non-hydrogen) atoms. The number of esters is 1. The Morgan fingerprint density at radius 1 is 1.03 bits per heavy atom. The highest BCUT2D eigenvalue weighted by molar-refractivity contribution is 5.94. The van der Waals surface area contributed by atoms with Crippen LogP contribution in [0.4, 0.5) is 13.2 Å². The zero-order valence-corrected chi connectivity index (χ0v) is 21.6. The molecule has 1 amide bonds. The monoisotopic (exact) mass is 534 g/mol. The summed E-state index contributed by atoms with van der Waals surface area (Å²) in [6.45, 7) is 4.38. The van der Waals surface area contributed by atoms with Crippen LogP contribution < -0.4 is 9.47 Å². The fraction of sp³-hybridized carbons (Fsp3) is 0.500. The molecule has 1 unspecified atom stereocenters. The minimum absolute atomic E-state index is 0.160. The Bertz CT molecular complexity index is 1130. The van der Waals surface area contributed by atoms with Crippen LogP contribution in [0.25, 0.3) is 0 Å². The number of para-hydroxylation sites is 1. The van der Waals surface area contributed by atoms with E-state index in [1.165, 1.54) is 7.11 Å². The number of amides is 1. The number of hydrogen-bond donors (Lipinski definition) is 0. The van der Waals surface area contributed by atoms with Gasteiger partial charge in [-0.2, -0.15) is 13.2 Å². The zero-order valence-electron chi connectivity index (χ0n) is 21.6. The summed E-state index contributed by atoms with van der Waals surface area (Å²) in [6, 6.07) is 14.4. The average molecular weight is 535 g/mol. The van der Waals surface area contributed by atoms with Gasteiger partial charge in [0, 0.05) is 42.7 Å². The van der Waals surface area contributed by atoms with E-state index in [0.29, 0.717) is 63.4 Å². The molecule has 0 aromatic heterocycles. The number of halogens is 3. The van der Waals surface area contributed by atoms with E-state index in [4.69, 9.17) is 14.2 Å². The van der Waals surface area contributed by atoms with Crippen molar-refractivity contribution in [1.29, 1.82) is 0 Å². The molecular weight excluding hydrogens is 501 g/mol. The van der Waals surface area contributed by atoms with Crippen LogP contribution in [0.5, 0.6) is 11.5 Å².